The average molecular weight is 337 g/mol. The van der Waals surface area contributed by atoms with Crippen molar-refractivity contribution in [3.63, 3.8) is 0 Å². The Hall–Kier alpha value is -2.33. The summed E-state index contributed by atoms with van der Waals surface area (Å²) in [6.45, 7) is 1.33. The van der Waals surface area contributed by atoms with E-state index in [4.69, 9.17) is 9.47 Å². The molecule has 0 bridgehead atoms. The summed E-state index contributed by atoms with van der Waals surface area (Å²) in [7, 11) is 0. The molecule has 1 N–H and O–H groups in total. The Balaban J connectivity index is 1.34. The second-order valence-electron chi connectivity index (χ2n) is 6.83. The maximum atomic E-state index is 12.4. The number of hydrogen-bond donors (Lipinski definition) is 1. The summed E-state index contributed by atoms with van der Waals surface area (Å²) in [5, 5.41) is 3.16. The van der Waals surface area contributed by atoms with Crippen LogP contribution in [-0.4, -0.2) is 24.7 Å². The number of fused-ring (bicyclic) bond motifs is 1. The number of benzene rings is 2. The highest BCUT2D eigenvalue weighted by atomic mass is 16.5. The van der Waals surface area contributed by atoms with Gasteiger partial charge in [-0.15, -0.1) is 0 Å². The van der Waals surface area contributed by atoms with Gasteiger partial charge in [-0.25, -0.2) is 0 Å². The Morgan fingerprint density at radius 3 is 2.76 bits per heavy atom. The Morgan fingerprint density at radius 2 is 1.92 bits per heavy atom. The Labute approximate surface area is 148 Å². The van der Waals surface area contributed by atoms with Gasteiger partial charge >= 0.3 is 0 Å². The van der Waals surface area contributed by atoms with E-state index in [1.54, 1.807) is 0 Å². The van der Waals surface area contributed by atoms with Crippen molar-refractivity contribution in [2.24, 2.45) is 5.92 Å². The molecule has 4 rings (SSSR count). The standard InChI is InChI=1S/C21H23NO3/c23-21(22-18-13-20-17(18)10-11-24-20)12-16-8-4-5-9-19(16)25-14-15-6-2-1-3-7-15/h1-9,17-18,20H,10-14H2,(H,22,23)/t17-,18+,20+/m1/s1. The second kappa shape index (κ2) is 7.28. The third kappa shape index (κ3) is 3.69. The van der Waals surface area contributed by atoms with Gasteiger partial charge in [-0.1, -0.05) is 48.5 Å². The van der Waals surface area contributed by atoms with Crippen molar-refractivity contribution in [3.05, 3.63) is 65.7 Å². The zero-order valence-electron chi connectivity index (χ0n) is 14.2. The van der Waals surface area contributed by atoms with Gasteiger partial charge in [-0.05, 0) is 24.5 Å². The molecule has 2 aromatic carbocycles. The molecule has 1 saturated heterocycles. The number of hydrogen-bond acceptors (Lipinski definition) is 3. The van der Waals surface area contributed by atoms with Gasteiger partial charge in [0.1, 0.15) is 12.4 Å². The van der Waals surface area contributed by atoms with Crippen molar-refractivity contribution < 1.29 is 14.3 Å². The van der Waals surface area contributed by atoms with Gasteiger partial charge in [0.05, 0.1) is 12.5 Å². The van der Waals surface area contributed by atoms with Gasteiger partial charge in [0.25, 0.3) is 0 Å². The van der Waals surface area contributed by atoms with Crippen LogP contribution in [0.1, 0.15) is 24.0 Å². The minimum atomic E-state index is 0.0612. The van der Waals surface area contributed by atoms with Crippen molar-refractivity contribution in [1.29, 1.82) is 0 Å². The van der Waals surface area contributed by atoms with Crippen LogP contribution in [0.2, 0.25) is 0 Å². The monoisotopic (exact) mass is 337 g/mol. The van der Waals surface area contributed by atoms with E-state index in [-0.39, 0.29) is 11.9 Å². The quantitative estimate of drug-likeness (QED) is 0.881. The summed E-state index contributed by atoms with van der Waals surface area (Å²) in [6, 6.07) is 18.1. The number of ether oxygens (including phenoxy) is 2. The number of para-hydroxylation sites is 1. The highest BCUT2D eigenvalue weighted by Gasteiger charge is 2.45. The third-order valence-electron chi connectivity index (χ3n) is 5.17. The molecule has 2 aliphatic rings. The molecule has 2 aromatic rings. The van der Waals surface area contributed by atoms with E-state index >= 15 is 0 Å². The third-order valence-corrected chi connectivity index (χ3v) is 5.17. The van der Waals surface area contributed by atoms with Crippen molar-refractivity contribution in [3.8, 4) is 5.75 Å². The van der Waals surface area contributed by atoms with Crippen LogP contribution in [0.4, 0.5) is 0 Å². The molecular weight excluding hydrogens is 314 g/mol. The normalized spacial score (nSPS) is 24.2. The Morgan fingerprint density at radius 1 is 1.12 bits per heavy atom. The molecule has 1 saturated carbocycles. The second-order valence-corrected chi connectivity index (χ2v) is 6.83. The van der Waals surface area contributed by atoms with Crippen LogP contribution in [-0.2, 0) is 22.6 Å². The van der Waals surface area contributed by atoms with Crippen molar-refractivity contribution >= 4 is 5.91 Å². The summed E-state index contributed by atoms with van der Waals surface area (Å²) < 4.78 is 11.5. The fourth-order valence-corrected chi connectivity index (χ4v) is 3.72. The maximum Gasteiger partial charge on any atom is 0.224 e. The number of carbonyl (C=O) groups excluding carboxylic acids is 1. The largest absolute Gasteiger partial charge is 0.489 e. The lowest BCUT2D eigenvalue weighted by atomic mass is 9.76. The minimum Gasteiger partial charge on any atom is -0.489 e. The summed E-state index contributed by atoms with van der Waals surface area (Å²) in [6.07, 6.45) is 2.72. The van der Waals surface area contributed by atoms with Crippen LogP contribution in [0.3, 0.4) is 0 Å². The van der Waals surface area contributed by atoms with Crippen LogP contribution in [0.25, 0.3) is 0 Å². The molecule has 4 heteroatoms. The van der Waals surface area contributed by atoms with Crippen LogP contribution in [0.5, 0.6) is 5.75 Å². The fourth-order valence-electron chi connectivity index (χ4n) is 3.72. The summed E-state index contributed by atoms with van der Waals surface area (Å²) in [5.74, 6) is 1.34. The topological polar surface area (TPSA) is 47.6 Å². The lowest BCUT2D eigenvalue weighted by molar-refractivity contribution is -0.123. The Kier molecular flexibility index (Phi) is 4.70. The lowest BCUT2D eigenvalue weighted by Gasteiger charge is -2.39. The van der Waals surface area contributed by atoms with E-state index in [1.165, 1.54) is 0 Å². The van der Waals surface area contributed by atoms with E-state index in [0.717, 1.165) is 36.3 Å². The molecule has 0 aromatic heterocycles. The smallest absolute Gasteiger partial charge is 0.224 e. The molecule has 3 atom stereocenters. The highest BCUT2D eigenvalue weighted by Crippen LogP contribution is 2.38. The van der Waals surface area contributed by atoms with Gasteiger partial charge < -0.3 is 14.8 Å². The van der Waals surface area contributed by atoms with E-state index in [0.29, 0.717) is 25.0 Å². The first-order chi connectivity index (χ1) is 12.3. The van der Waals surface area contributed by atoms with Crippen LogP contribution in [0.15, 0.2) is 54.6 Å². The SMILES string of the molecule is O=C(Cc1ccccc1OCc1ccccc1)N[C@H]1C[C@@H]2OCC[C@H]12. The van der Waals surface area contributed by atoms with E-state index < -0.39 is 0 Å². The van der Waals surface area contributed by atoms with Gasteiger partial charge in [0, 0.05) is 24.1 Å². The first kappa shape index (κ1) is 16.2. The molecule has 1 amide bonds. The average Bonchev–Trinajstić information content (AvgIpc) is 3.01. The van der Waals surface area contributed by atoms with Crippen LogP contribution >= 0.6 is 0 Å². The molecule has 1 heterocycles. The number of nitrogens with one attached hydrogen (secondary N) is 1. The number of carbonyl (C=O) groups is 1. The molecule has 130 valence electrons. The van der Waals surface area contributed by atoms with Crippen molar-refractivity contribution in [2.75, 3.05) is 6.61 Å². The van der Waals surface area contributed by atoms with Crippen LogP contribution < -0.4 is 10.1 Å². The number of rotatable bonds is 6. The maximum absolute atomic E-state index is 12.4. The minimum absolute atomic E-state index is 0.0612. The highest BCUT2D eigenvalue weighted by molar-refractivity contribution is 5.79. The Bertz CT molecular complexity index is 731. The molecule has 0 unspecified atom stereocenters. The lowest BCUT2D eigenvalue weighted by Crippen LogP contribution is -2.53. The predicted octanol–water partition coefficient (Wildman–Crippen LogP) is 3.10. The number of amides is 1. The van der Waals surface area contributed by atoms with E-state index in [1.807, 2.05) is 54.6 Å². The summed E-state index contributed by atoms with van der Waals surface area (Å²) in [5.41, 5.74) is 2.04. The predicted molar refractivity (Wildman–Crippen MR) is 95.3 cm³/mol. The molecule has 25 heavy (non-hydrogen) atoms. The molecule has 0 spiro atoms. The zero-order chi connectivity index (χ0) is 17.1. The summed E-state index contributed by atoms with van der Waals surface area (Å²) >= 11 is 0. The summed E-state index contributed by atoms with van der Waals surface area (Å²) in [4.78, 5) is 12.4. The van der Waals surface area contributed by atoms with Gasteiger partial charge in [0.15, 0.2) is 0 Å². The van der Waals surface area contributed by atoms with Crippen LogP contribution in [0, 0.1) is 5.92 Å². The molecule has 0 radical (unpaired) electrons. The fraction of sp³-hybridized carbons (Fsp3) is 0.381. The molecular formula is C21H23NO3. The van der Waals surface area contributed by atoms with Gasteiger partial charge in [-0.3, -0.25) is 4.79 Å². The van der Waals surface area contributed by atoms with E-state index in [9.17, 15) is 4.79 Å². The first-order valence-corrected chi connectivity index (χ1v) is 8.95. The molecule has 2 fully saturated rings. The molecule has 1 aliphatic carbocycles. The molecule has 4 nitrogen and oxygen atoms in total. The van der Waals surface area contributed by atoms with Crippen molar-refractivity contribution in [1.82, 2.24) is 5.32 Å². The van der Waals surface area contributed by atoms with E-state index in [2.05, 4.69) is 5.32 Å². The van der Waals surface area contributed by atoms with Crippen molar-refractivity contribution in [2.45, 2.75) is 38.0 Å². The first-order valence-electron chi connectivity index (χ1n) is 8.95. The van der Waals surface area contributed by atoms with Gasteiger partial charge in [0.2, 0.25) is 5.91 Å². The zero-order valence-corrected chi connectivity index (χ0v) is 14.2. The van der Waals surface area contributed by atoms with Gasteiger partial charge in [-0.2, -0.15) is 0 Å². The molecule has 1 aliphatic heterocycles.